The molecule has 1 saturated heterocycles. The van der Waals surface area contributed by atoms with E-state index in [1.165, 1.54) is 19.3 Å². The van der Waals surface area contributed by atoms with Crippen LogP contribution in [0.25, 0.3) is 0 Å². The van der Waals surface area contributed by atoms with Crippen LogP contribution in [0.4, 0.5) is 0 Å². The normalized spacial score (nSPS) is 21.0. The van der Waals surface area contributed by atoms with Gasteiger partial charge in [-0.25, -0.2) is 0 Å². The molecule has 2 atom stereocenters. The summed E-state index contributed by atoms with van der Waals surface area (Å²) in [4.78, 5) is 14.2. The summed E-state index contributed by atoms with van der Waals surface area (Å²) >= 11 is 0. The first-order valence-electron chi connectivity index (χ1n) is 10.2. The van der Waals surface area contributed by atoms with Crippen LogP contribution in [0.1, 0.15) is 57.1 Å². The lowest BCUT2D eigenvalue weighted by atomic mass is 9.93. The Morgan fingerprint density at radius 3 is 2.81 bits per heavy atom. The van der Waals surface area contributed by atoms with Crippen molar-refractivity contribution in [1.82, 2.24) is 10.2 Å². The summed E-state index contributed by atoms with van der Waals surface area (Å²) in [5, 5.41) is 3.73. The maximum absolute atomic E-state index is 12.3. The molecule has 0 saturated carbocycles. The first-order chi connectivity index (χ1) is 12.8. The van der Waals surface area contributed by atoms with E-state index in [1.807, 2.05) is 17.0 Å². The Hall–Kier alpha value is -1.81. The molecule has 1 aromatic carbocycles. The minimum Gasteiger partial charge on any atom is -0.483 e. The molecule has 1 fully saturated rings. The first kappa shape index (κ1) is 19.0. The summed E-state index contributed by atoms with van der Waals surface area (Å²) < 4.78 is 5.94. The smallest absolute Gasteiger partial charge is 0.260 e. The Morgan fingerprint density at radius 1 is 1.27 bits per heavy atom. The molecule has 3 rings (SSSR count). The minimum atomic E-state index is 0.104. The highest BCUT2D eigenvalue weighted by Gasteiger charge is 2.20. The van der Waals surface area contributed by atoms with Gasteiger partial charge >= 0.3 is 0 Å². The third-order valence-corrected chi connectivity index (χ3v) is 5.54. The molecule has 0 spiro atoms. The molecule has 0 aromatic heterocycles. The largest absolute Gasteiger partial charge is 0.483 e. The molecule has 1 aromatic rings. The molecule has 4 heteroatoms. The van der Waals surface area contributed by atoms with Gasteiger partial charge in [0.2, 0.25) is 0 Å². The van der Waals surface area contributed by atoms with Crippen LogP contribution < -0.4 is 10.1 Å². The molecule has 1 aliphatic heterocycles. The molecule has 2 aliphatic rings. The van der Waals surface area contributed by atoms with Gasteiger partial charge in [-0.05, 0) is 57.1 Å². The molecule has 26 heavy (non-hydrogen) atoms. The molecule has 1 aliphatic carbocycles. The van der Waals surface area contributed by atoms with Crippen LogP contribution in [0.15, 0.2) is 36.4 Å². The number of nitrogens with one attached hydrogen (secondary N) is 1. The Bertz CT molecular complexity index is 608. The van der Waals surface area contributed by atoms with Gasteiger partial charge in [0.05, 0.1) is 0 Å². The van der Waals surface area contributed by atoms with E-state index in [0.29, 0.717) is 0 Å². The third-order valence-electron chi connectivity index (χ3n) is 5.54. The van der Waals surface area contributed by atoms with Crippen LogP contribution in [0.2, 0.25) is 0 Å². The second-order valence-corrected chi connectivity index (χ2v) is 7.43. The maximum atomic E-state index is 12.3. The molecule has 1 amide bonds. The summed E-state index contributed by atoms with van der Waals surface area (Å²) in [6.07, 6.45) is 11.5. The van der Waals surface area contributed by atoms with Gasteiger partial charge in [0.15, 0.2) is 6.61 Å². The monoisotopic (exact) mass is 356 g/mol. The van der Waals surface area contributed by atoms with Gasteiger partial charge in [-0.2, -0.15) is 0 Å². The van der Waals surface area contributed by atoms with Crippen LogP contribution in [0, 0.1) is 5.92 Å². The number of carbonyl (C=O) groups excluding carboxylic acids is 1. The van der Waals surface area contributed by atoms with Crippen LogP contribution in [-0.2, 0) is 4.79 Å². The van der Waals surface area contributed by atoms with Crippen LogP contribution >= 0.6 is 0 Å². The van der Waals surface area contributed by atoms with Crippen molar-refractivity contribution in [1.29, 1.82) is 0 Å². The van der Waals surface area contributed by atoms with Crippen LogP contribution in [-0.4, -0.2) is 37.0 Å². The lowest BCUT2D eigenvalue weighted by molar-refractivity contribution is -0.132. The summed E-state index contributed by atoms with van der Waals surface area (Å²) in [6, 6.07) is 8.41. The fourth-order valence-electron chi connectivity index (χ4n) is 3.92. The average Bonchev–Trinajstić information content (AvgIpc) is 3.23. The van der Waals surface area contributed by atoms with E-state index in [9.17, 15) is 4.79 Å². The zero-order valence-corrected chi connectivity index (χ0v) is 16.0. The second-order valence-electron chi connectivity index (χ2n) is 7.43. The van der Waals surface area contributed by atoms with Crippen LogP contribution in [0.5, 0.6) is 5.75 Å². The number of amides is 1. The standard InChI is InChI=1S/C22H32N2O2/c1-2-20(23-16-18-10-4-3-5-11-18)19-12-6-7-13-21(19)26-17-22(25)24-14-8-9-15-24/h3-4,6-7,12-13,18,20,23H,2,5,8-11,14-17H2,1H3. The van der Waals surface area contributed by atoms with Crippen molar-refractivity contribution >= 4 is 5.91 Å². The highest BCUT2D eigenvalue weighted by atomic mass is 16.5. The molecule has 1 N–H and O–H groups in total. The van der Waals surface area contributed by atoms with Gasteiger partial charge in [0.25, 0.3) is 5.91 Å². The van der Waals surface area contributed by atoms with E-state index in [2.05, 4.69) is 36.5 Å². The van der Waals surface area contributed by atoms with E-state index in [0.717, 1.165) is 56.1 Å². The Kier molecular flexibility index (Phi) is 7.13. The van der Waals surface area contributed by atoms with E-state index in [4.69, 9.17) is 4.74 Å². The first-order valence-corrected chi connectivity index (χ1v) is 10.2. The Labute approximate surface area is 157 Å². The fourth-order valence-corrected chi connectivity index (χ4v) is 3.92. The van der Waals surface area contributed by atoms with Crippen molar-refractivity contribution in [3.63, 3.8) is 0 Å². The Morgan fingerprint density at radius 2 is 2.08 bits per heavy atom. The summed E-state index contributed by atoms with van der Waals surface area (Å²) in [5.41, 5.74) is 1.16. The number of para-hydroxylation sites is 1. The lowest BCUT2D eigenvalue weighted by Crippen LogP contribution is -2.32. The van der Waals surface area contributed by atoms with Crippen molar-refractivity contribution < 1.29 is 9.53 Å². The predicted octanol–water partition coefficient (Wildman–Crippen LogP) is 4.08. The zero-order valence-electron chi connectivity index (χ0n) is 16.0. The van der Waals surface area contributed by atoms with Gasteiger partial charge in [-0.1, -0.05) is 37.3 Å². The number of hydrogen-bond acceptors (Lipinski definition) is 3. The van der Waals surface area contributed by atoms with Gasteiger partial charge in [0, 0.05) is 24.7 Å². The molecule has 142 valence electrons. The van der Waals surface area contributed by atoms with Gasteiger partial charge in [-0.15, -0.1) is 0 Å². The molecule has 0 bridgehead atoms. The number of allylic oxidation sites excluding steroid dienone is 2. The number of nitrogens with zero attached hydrogens (tertiary/aromatic N) is 1. The molecular formula is C22H32N2O2. The van der Waals surface area contributed by atoms with Gasteiger partial charge in [-0.3, -0.25) is 4.79 Å². The maximum Gasteiger partial charge on any atom is 0.260 e. The molecule has 1 heterocycles. The molecule has 4 nitrogen and oxygen atoms in total. The SMILES string of the molecule is CCC(NCC1CC=CCC1)c1ccccc1OCC(=O)N1CCCC1. The molecular weight excluding hydrogens is 324 g/mol. The van der Waals surface area contributed by atoms with Crippen molar-refractivity contribution in [3.05, 3.63) is 42.0 Å². The van der Waals surface area contributed by atoms with Crippen molar-refractivity contribution in [3.8, 4) is 5.75 Å². The second kappa shape index (κ2) is 9.77. The predicted molar refractivity (Wildman–Crippen MR) is 105 cm³/mol. The highest BCUT2D eigenvalue weighted by molar-refractivity contribution is 5.78. The number of likely N-dealkylation sites (tertiary alicyclic amines) is 1. The quantitative estimate of drug-likeness (QED) is 0.714. The summed E-state index contributed by atoms with van der Waals surface area (Å²) in [6.45, 7) is 5.12. The van der Waals surface area contributed by atoms with Crippen molar-refractivity contribution in [2.45, 2.75) is 51.5 Å². The van der Waals surface area contributed by atoms with E-state index < -0.39 is 0 Å². The summed E-state index contributed by atoms with van der Waals surface area (Å²) in [5.74, 6) is 1.66. The van der Waals surface area contributed by atoms with Crippen molar-refractivity contribution in [2.24, 2.45) is 5.92 Å². The van der Waals surface area contributed by atoms with Gasteiger partial charge in [0.1, 0.15) is 5.75 Å². The molecule has 0 radical (unpaired) electrons. The number of benzene rings is 1. The number of rotatable bonds is 8. The fraction of sp³-hybridized carbons (Fsp3) is 0.591. The Balaban J connectivity index is 1.58. The van der Waals surface area contributed by atoms with Crippen molar-refractivity contribution in [2.75, 3.05) is 26.2 Å². The number of carbonyl (C=O) groups is 1. The summed E-state index contributed by atoms with van der Waals surface area (Å²) in [7, 11) is 0. The van der Waals surface area contributed by atoms with E-state index in [1.54, 1.807) is 0 Å². The number of hydrogen-bond donors (Lipinski definition) is 1. The van der Waals surface area contributed by atoms with E-state index in [-0.39, 0.29) is 18.6 Å². The van der Waals surface area contributed by atoms with E-state index >= 15 is 0 Å². The molecule has 2 unspecified atom stereocenters. The van der Waals surface area contributed by atoms with Crippen LogP contribution in [0.3, 0.4) is 0 Å². The third kappa shape index (κ3) is 5.10. The zero-order chi connectivity index (χ0) is 18.2. The topological polar surface area (TPSA) is 41.6 Å². The lowest BCUT2D eigenvalue weighted by Gasteiger charge is -2.25. The minimum absolute atomic E-state index is 0.104. The van der Waals surface area contributed by atoms with Gasteiger partial charge < -0.3 is 15.0 Å². The number of ether oxygens (including phenoxy) is 1. The average molecular weight is 357 g/mol. The highest BCUT2D eigenvalue weighted by Crippen LogP contribution is 2.28.